The molecule has 0 aliphatic rings. The molecule has 0 heterocycles. The molecule has 0 saturated heterocycles. The van der Waals surface area contributed by atoms with Gasteiger partial charge in [0.1, 0.15) is 0 Å². The van der Waals surface area contributed by atoms with Crippen LogP contribution in [0.15, 0.2) is 60.7 Å². The minimum absolute atomic E-state index is 0.454. The molecule has 1 atom stereocenters. The van der Waals surface area contributed by atoms with Gasteiger partial charge in [-0.05, 0) is 17.7 Å². The molecule has 0 saturated carbocycles. The largest absolute Gasteiger partial charge is 0.548 e. The first-order chi connectivity index (χ1) is 9.66. The number of carboxylic acids is 1. The minimum Gasteiger partial charge on any atom is -0.548 e. The molecular formula is C15H13N2O3-. The Hall–Kier alpha value is -2.82. The second-order valence-electron chi connectivity index (χ2n) is 4.13. The van der Waals surface area contributed by atoms with Gasteiger partial charge in [-0.3, -0.25) is 0 Å². The molecule has 0 radical (unpaired) electrons. The average molecular weight is 269 g/mol. The molecule has 0 aliphatic carbocycles. The summed E-state index contributed by atoms with van der Waals surface area (Å²) in [6, 6.07) is 15.3. The highest BCUT2D eigenvalue weighted by molar-refractivity contribution is 5.92. The zero-order valence-corrected chi connectivity index (χ0v) is 10.6. The summed E-state index contributed by atoms with van der Waals surface area (Å²) in [5.41, 5.74) is 1.03. The van der Waals surface area contributed by atoms with Gasteiger partial charge in [0, 0.05) is 5.69 Å². The Morgan fingerprint density at radius 1 is 0.900 bits per heavy atom. The SMILES string of the molecule is O=C(Nc1ccccc1)N[C@H](C(=O)[O-])c1ccccc1. The van der Waals surface area contributed by atoms with Crippen LogP contribution in [0.4, 0.5) is 10.5 Å². The summed E-state index contributed by atoms with van der Waals surface area (Å²) in [6.45, 7) is 0. The van der Waals surface area contributed by atoms with Crippen molar-refractivity contribution in [3.63, 3.8) is 0 Å². The summed E-state index contributed by atoms with van der Waals surface area (Å²) in [5, 5.41) is 16.1. The second-order valence-corrected chi connectivity index (χ2v) is 4.13. The monoisotopic (exact) mass is 269 g/mol. The summed E-state index contributed by atoms with van der Waals surface area (Å²) in [7, 11) is 0. The van der Waals surface area contributed by atoms with Crippen LogP contribution in [0.1, 0.15) is 11.6 Å². The number of hydrogen-bond acceptors (Lipinski definition) is 3. The first-order valence-corrected chi connectivity index (χ1v) is 6.05. The zero-order chi connectivity index (χ0) is 14.4. The van der Waals surface area contributed by atoms with Crippen LogP contribution in [-0.4, -0.2) is 12.0 Å². The number of para-hydroxylation sites is 1. The molecule has 5 nitrogen and oxygen atoms in total. The molecule has 20 heavy (non-hydrogen) atoms. The lowest BCUT2D eigenvalue weighted by atomic mass is 10.1. The first kappa shape index (κ1) is 13.6. The standard InChI is InChI=1S/C15H14N2O3/c18-14(19)13(11-7-3-1-4-8-11)17-15(20)16-12-9-5-2-6-10-12/h1-10,13H,(H,18,19)(H2,16,17,20)/p-1/t13-/m0/s1. The zero-order valence-electron chi connectivity index (χ0n) is 10.6. The van der Waals surface area contributed by atoms with Gasteiger partial charge in [0.05, 0.1) is 12.0 Å². The Bertz CT molecular complexity index is 585. The lowest BCUT2D eigenvalue weighted by molar-refractivity contribution is -0.308. The fourth-order valence-corrected chi connectivity index (χ4v) is 1.74. The number of carboxylic acid groups (broad SMARTS) is 1. The van der Waals surface area contributed by atoms with E-state index in [0.717, 1.165) is 0 Å². The molecular weight excluding hydrogens is 256 g/mol. The number of benzene rings is 2. The third kappa shape index (κ3) is 3.58. The molecule has 2 aromatic rings. The molecule has 2 rings (SSSR count). The van der Waals surface area contributed by atoms with Gasteiger partial charge in [0.2, 0.25) is 0 Å². The Morgan fingerprint density at radius 3 is 2.00 bits per heavy atom. The van der Waals surface area contributed by atoms with E-state index < -0.39 is 18.0 Å². The Labute approximate surface area is 116 Å². The smallest absolute Gasteiger partial charge is 0.320 e. The van der Waals surface area contributed by atoms with Crippen LogP contribution in [0, 0.1) is 0 Å². The molecule has 5 heteroatoms. The lowest BCUT2D eigenvalue weighted by Gasteiger charge is -2.20. The average Bonchev–Trinajstić information content (AvgIpc) is 2.46. The fraction of sp³-hybridized carbons (Fsp3) is 0.0667. The van der Waals surface area contributed by atoms with Crippen LogP contribution < -0.4 is 15.7 Å². The number of nitrogens with one attached hydrogen (secondary N) is 2. The van der Waals surface area contributed by atoms with Crippen molar-refractivity contribution in [2.75, 3.05) is 5.32 Å². The Kier molecular flexibility index (Phi) is 4.34. The van der Waals surface area contributed by atoms with E-state index in [1.165, 1.54) is 0 Å². The van der Waals surface area contributed by atoms with Crippen LogP contribution in [0.25, 0.3) is 0 Å². The molecule has 0 aliphatic heterocycles. The van der Waals surface area contributed by atoms with E-state index in [1.807, 2.05) is 6.07 Å². The minimum atomic E-state index is -1.36. The number of urea groups is 1. The van der Waals surface area contributed by atoms with E-state index in [4.69, 9.17) is 0 Å². The van der Waals surface area contributed by atoms with Crippen LogP contribution >= 0.6 is 0 Å². The van der Waals surface area contributed by atoms with E-state index in [0.29, 0.717) is 11.3 Å². The van der Waals surface area contributed by atoms with Crippen molar-refractivity contribution in [3.05, 3.63) is 66.2 Å². The molecule has 2 amide bonds. The molecule has 0 unspecified atom stereocenters. The summed E-state index contributed by atoms with van der Waals surface area (Å²) in [5.74, 6) is -1.36. The number of hydrogen-bond donors (Lipinski definition) is 2. The number of rotatable bonds is 4. The molecule has 2 N–H and O–H groups in total. The fourth-order valence-electron chi connectivity index (χ4n) is 1.74. The van der Waals surface area contributed by atoms with Gasteiger partial charge >= 0.3 is 6.03 Å². The third-order valence-corrected chi connectivity index (χ3v) is 2.68. The topological polar surface area (TPSA) is 81.3 Å². The van der Waals surface area contributed by atoms with E-state index in [-0.39, 0.29) is 0 Å². The van der Waals surface area contributed by atoms with E-state index >= 15 is 0 Å². The summed E-state index contributed by atoms with van der Waals surface area (Å²) < 4.78 is 0. The molecule has 0 fully saturated rings. The van der Waals surface area contributed by atoms with Gasteiger partial charge < -0.3 is 20.5 Å². The maximum atomic E-state index is 11.8. The number of carbonyl (C=O) groups is 2. The van der Waals surface area contributed by atoms with Crippen molar-refractivity contribution < 1.29 is 14.7 Å². The van der Waals surface area contributed by atoms with Gasteiger partial charge in [-0.1, -0.05) is 48.5 Å². The van der Waals surface area contributed by atoms with Crippen molar-refractivity contribution in [1.29, 1.82) is 0 Å². The van der Waals surface area contributed by atoms with Crippen molar-refractivity contribution in [2.24, 2.45) is 0 Å². The van der Waals surface area contributed by atoms with Gasteiger partial charge in [0.25, 0.3) is 0 Å². The van der Waals surface area contributed by atoms with Crippen LogP contribution in [-0.2, 0) is 4.79 Å². The number of amides is 2. The normalized spacial score (nSPS) is 11.4. The molecule has 0 bridgehead atoms. The molecule has 0 aromatic heterocycles. The Morgan fingerprint density at radius 2 is 1.45 bits per heavy atom. The summed E-state index contributed by atoms with van der Waals surface area (Å²) >= 11 is 0. The lowest BCUT2D eigenvalue weighted by Crippen LogP contribution is -2.43. The highest BCUT2D eigenvalue weighted by Crippen LogP contribution is 2.12. The molecule has 0 spiro atoms. The first-order valence-electron chi connectivity index (χ1n) is 6.05. The van der Waals surface area contributed by atoms with Crippen molar-refractivity contribution in [2.45, 2.75) is 6.04 Å². The van der Waals surface area contributed by atoms with Gasteiger partial charge in [-0.25, -0.2) is 4.79 Å². The quantitative estimate of drug-likeness (QED) is 0.877. The highest BCUT2D eigenvalue weighted by atomic mass is 16.4. The Balaban J connectivity index is 2.06. The van der Waals surface area contributed by atoms with Gasteiger partial charge in [-0.15, -0.1) is 0 Å². The maximum Gasteiger partial charge on any atom is 0.320 e. The third-order valence-electron chi connectivity index (χ3n) is 2.68. The molecule has 2 aromatic carbocycles. The van der Waals surface area contributed by atoms with Crippen LogP contribution in [0.3, 0.4) is 0 Å². The summed E-state index contributed by atoms with van der Waals surface area (Å²) in [4.78, 5) is 22.9. The van der Waals surface area contributed by atoms with E-state index in [2.05, 4.69) is 10.6 Å². The van der Waals surface area contributed by atoms with E-state index in [9.17, 15) is 14.7 Å². The van der Waals surface area contributed by atoms with Crippen molar-refractivity contribution >= 4 is 17.7 Å². The van der Waals surface area contributed by atoms with Crippen molar-refractivity contribution in [1.82, 2.24) is 5.32 Å². The number of anilines is 1. The van der Waals surface area contributed by atoms with E-state index in [1.54, 1.807) is 54.6 Å². The van der Waals surface area contributed by atoms with Crippen LogP contribution in [0.5, 0.6) is 0 Å². The van der Waals surface area contributed by atoms with Crippen LogP contribution in [0.2, 0.25) is 0 Å². The predicted octanol–water partition coefficient (Wildman–Crippen LogP) is 1.30. The number of carbonyl (C=O) groups excluding carboxylic acids is 2. The molecule has 102 valence electrons. The predicted molar refractivity (Wildman–Crippen MR) is 72.8 cm³/mol. The second kappa shape index (κ2) is 6.38. The number of aliphatic carboxylic acids is 1. The van der Waals surface area contributed by atoms with Crippen molar-refractivity contribution in [3.8, 4) is 0 Å². The maximum absolute atomic E-state index is 11.8. The van der Waals surface area contributed by atoms with Gasteiger partial charge in [0.15, 0.2) is 0 Å². The highest BCUT2D eigenvalue weighted by Gasteiger charge is 2.15. The van der Waals surface area contributed by atoms with Gasteiger partial charge in [-0.2, -0.15) is 0 Å². The summed E-state index contributed by atoms with van der Waals surface area (Å²) in [6.07, 6.45) is 0.